The molecule has 0 unspecified atom stereocenters. The number of nitrogens with zero attached hydrogens (tertiary/aromatic N) is 1. The zero-order valence-corrected chi connectivity index (χ0v) is 16.2. The second-order valence-electron chi connectivity index (χ2n) is 4.45. The van der Waals surface area contributed by atoms with Crippen molar-refractivity contribution < 1.29 is 45.6 Å². The third-order valence-electron chi connectivity index (χ3n) is 2.76. The molecule has 0 amide bonds. The summed E-state index contributed by atoms with van der Waals surface area (Å²) in [5, 5.41) is 0. The van der Waals surface area contributed by atoms with Crippen LogP contribution in [-0.4, -0.2) is 28.6 Å². The third-order valence-corrected chi connectivity index (χ3v) is 3.79. The van der Waals surface area contributed by atoms with Crippen molar-refractivity contribution in [3.63, 3.8) is 0 Å². The molecule has 8 heteroatoms. The molecule has 1 aromatic carbocycles. The van der Waals surface area contributed by atoms with Crippen molar-refractivity contribution in [3.05, 3.63) is 45.7 Å². The van der Waals surface area contributed by atoms with Gasteiger partial charge in [0.15, 0.2) is 6.61 Å². The average Bonchev–Trinajstić information content (AvgIpc) is 2.52. The molecule has 0 bridgehead atoms. The fourth-order valence-electron chi connectivity index (χ4n) is 1.76. The first-order chi connectivity index (χ1) is 10.8. The van der Waals surface area contributed by atoms with Gasteiger partial charge in [-0.25, -0.2) is 9.78 Å². The van der Waals surface area contributed by atoms with Crippen LogP contribution in [0.4, 0.5) is 8.78 Å². The minimum Gasteiger partial charge on any atom is -0.759 e. The van der Waals surface area contributed by atoms with Crippen LogP contribution >= 0.6 is 22.6 Å². The Bertz CT molecular complexity index is 703. The lowest BCUT2D eigenvalue weighted by Crippen LogP contribution is -3.34. The number of benzene rings is 1. The molecule has 0 aliphatic rings. The van der Waals surface area contributed by atoms with Gasteiger partial charge < -0.3 is 32.1 Å². The fraction of sp³-hybridized carbons (Fsp3) is 0.200. The van der Waals surface area contributed by atoms with E-state index in [4.69, 9.17) is 4.74 Å². The summed E-state index contributed by atoms with van der Waals surface area (Å²) in [6.07, 6.45) is 0. The Hall–Kier alpha value is -1.04. The second-order valence-corrected chi connectivity index (χ2v) is 7.27. The highest BCUT2D eigenvalue weighted by molar-refractivity contribution is 14.1. The van der Waals surface area contributed by atoms with E-state index >= 15 is 0 Å². The number of hydrogen-bond acceptors (Lipinski definition) is 4. The molecule has 0 aliphatic heterocycles. The highest BCUT2D eigenvalue weighted by Gasteiger charge is 2.26. The topological polar surface area (TPSA) is 48.4 Å². The molecule has 123 valence electrons. The van der Waals surface area contributed by atoms with Gasteiger partial charge in [0.05, 0.1) is 7.11 Å². The van der Waals surface area contributed by atoms with E-state index in [1.54, 1.807) is 12.1 Å². The van der Waals surface area contributed by atoms with Gasteiger partial charge in [-0.15, -0.1) is 0 Å². The smallest absolute Gasteiger partial charge is 0.356 e. The summed E-state index contributed by atoms with van der Waals surface area (Å²) in [5.74, 6) is -0.433. The van der Waals surface area contributed by atoms with Gasteiger partial charge in [0, 0.05) is 28.2 Å². The van der Waals surface area contributed by atoms with Gasteiger partial charge in [-0.3, -0.25) is 0 Å². The quantitative estimate of drug-likeness (QED) is 0.315. The Labute approximate surface area is 158 Å². The number of carbonyl (C=O) groups is 1. The molecule has 1 aromatic heterocycles. The zero-order valence-electron chi connectivity index (χ0n) is 11.9. The SMILES string of the molecule is COC(=O)c1ccc(OCC(F)(F)I)c(-c2ccc([I-])cc2)n1. The van der Waals surface area contributed by atoms with Gasteiger partial charge in [0.25, 0.3) is 0 Å². The van der Waals surface area contributed by atoms with Gasteiger partial charge in [-0.05, 0) is 12.1 Å². The van der Waals surface area contributed by atoms with Gasteiger partial charge in [0.1, 0.15) is 17.1 Å². The van der Waals surface area contributed by atoms with Crippen LogP contribution in [0, 0.1) is 3.57 Å². The first-order valence-corrected chi connectivity index (χ1v) is 8.51. The Morgan fingerprint density at radius 3 is 2.48 bits per heavy atom. The molecule has 0 N–H and O–H groups in total. The molecule has 2 rings (SSSR count). The summed E-state index contributed by atoms with van der Waals surface area (Å²) in [7, 11) is 1.25. The molecule has 2 aromatic rings. The maximum Gasteiger partial charge on any atom is 0.356 e. The summed E-state index contributed by atoms with van der Waals surface area (Å²) in [6.45, 7) is -0.788. The number of rotatable bonds is 5. The Balaban J connectivity index is 2.44. The highest BCUT2D eigenvalue weighted by atomic mass is 127. The summed E-state index contributed by atoms with van der Waals surface area (Å²) >= 11 is 3.15. The third kappa shape index (κ3) is 5.23. The van der Waals surface area contributed by atoms with Crippen LogP contribution < -0.4 is 27.3 Å². The molecule has 0 saturated heterocycles. The molecular weight excluding hydrogens is 534 g/mol. The molecular formula is C15H11F2I2NO3-. The van der Waals surface area contributed by atoms with Gasteiger partial charge in [0.2, 0.25) is 0 Å². The number of halogens is 4. The predicted octanol–water partition coefficient (Wildman–Crippen LogP) is 0.665. The maximum atomic E-state index is 13.0. The van der Waals surface area contributed by atoms with Crippen LogP contribution in [0.15, 0.2) is 36.4 Å². The second kappa shape index (κ2) is 7.69. The zero-order chi connectivity index (χ0) is 17.0. The molecule has 0 atom stereocenters. The lowest BCUT2D eigenvalue weighted by atomic mass is 10.1. The van der Waals surface area contributed by atoms with Crippen LogP contribution in [0.1, 0.15) is 10.5 Å². The first kappa shape index (κ1) is 18.3. The Morgan fingerprint density at radius 1 is 1.26 bits per heavy atom. The first-order valence-electron chi connectivity index (χ1n) is 6.35. The minimum atomic E-state index is -3.00. The standard InChI is InChI=1S/C15H11F2I2NO3/c1-22-14(21)11-6-7-12(23-8-15(16,17)19)13(20-11)9-2-4-10(18)5-3-9/h2-7H,8H2,1H3/q-1. The van der Waals surface area contributed by atoms with E-state index in [1.807, 2.05) is 12.1 Å². The molecule has 0 saturated carbocycles. The summed E-state index contributed by atoms with van der Waals surface area (Å²) < 4.78 is 33.9. The summed E-state index contributed by atoms with van der Waals surface area (Å²) in [5.41, 5.74) is 1.04. The largest absolute Gasteiger partial charge is 0.759 e. The van der Waals surface area contributed by atoms with Crippen molar-refractivity contribution in [2.45, 2.75) is 3.93 Å². The van der Waals surface area contributed by atoms with Crippen molar-refractivity contribution in [2.24, 2.45) is 0 Å². The van der Waals surface area contributed by atoms with Crippen LogP contribution in [0.2, 0.25) is 0 Å². The van der Waals surface area contributed by atoms with Crippen LogP contribution in [-0.2, 0) is 4.74 Å². The van der Waals surface area contributed by atoms with Crippen molar-refractivity contribution in [1.29, 1.82) is 0 Å². The molecule has 23 heavy (non-hydrogen) atoms. The van der Waals surface area contributed by atoms with Gasteiger partial charge >= 0.3 is 9.90 Å². The predicted molar refractivity (Wildman–Crippen MR) is 84.2 cm³/mol. The monoisotopic (exact) mass is 545 g/mol. The number of hydrogen-bond donors (Lipinski definition) is 0. The van der Waals surface area contributed by atoms with E-state index in [0.717, 1.165) is 26.2 Å². The lowest BCUT2D eigenvalue weighted by molar-refractivity contribution is -0.328. The van der Waals surface area contributed by atoms with E-state index < -0.39 is 16.5 Å². The number of pyridine rings is 1. The molecule has 4 nitrogen and oxygen atoms in total. The van der Waals surface area contributed by atoms with Crippen molar-refractivity contribution >= 4 is 28.6 Å². The molecule has 1 radical (unpaired) electrons. The van der Waals surface area contributed by atoms with E-state index in [9.17, 15) is 13.6 Å². The number of esters is 1. The van der Waals surface area contributed by atoms with Gasteiger partial charge in [-0.1, -0.05) is 24.3 Å². The Morgan fingerprint density at radius 2 is 1.91 bits per heavy atom. The summed E-state index contributed by atoms with van der Waals surface area (Å²) in [4.78, 5) is 15.8. The summed E-state index contributed by atoms with van der Waals surface area (Å²) in [6, 6.07) is 10.1. The lowest BCUT2D eigenvalue weighted by Gasteiger charge is -2.15. The van der Waals surface area contributed by atoms with Crippen LogP contribution in [0.5, 0.6) is 5.75 Å². The number of carbonyl (C=O) groups excluding carboxylic acids is 1. The number of ether oxygens (including phenoxy) is 2. The molecule has 1 heterocycles. The van der Waals surface area contributed by atoms with E-state index in [-0.39, 0.29) is 11.4 Å². The van der Waals surface area contributed by atoms with E-state index in [0.29, 0.717) is 11.3 Å². The van der Waals surface area contributed by atoms with E-state index in [1.165, 1.54) is 19.2 Å². The minimum absolute atomic E-state index is 0.0784. The number of aromatic nitrogens is 1. The van der Waals surface area contributed by atoms with Gasteiger partial charge in [-0.2, -0.15) is 12.4 Å². The van der Waals surface area contributed by atoms with Crippen LogP contribution in [0.3, 0.4) is 0 Å². The fourth-order valence-corrected chi connectivity index (χ4v) is 2.27. The molecule has 0 aliphatic carbocycles. The van der Waals surface area contributed by atoms with Crippen molar-refractivity contribution in [3.8, 4) is 17.0 Å². The normalized spacial score (nSPS) is 11.2. The van der Waals surface area contributed by atoms with Crippen molar-refractivity contribution in [2.75, 3.05) is 13.7 Å². The molecule has 0 fully saturated rings. The average molecular weight is 545 g/mol. The maximum absolute atomic E-state index is 13.0. The highest BCUT2D eigenvalue weighted by Crippen LogP contribution is 2.31. The molecule has 0 spiro atoms. The Kier molecular flexibility index (Phi) is 6.12. The van der Waals surface area contributed by atoms with E-state index in [2.05, 4.69) is 32.3 Å². The number of alkyl halides is 3. The van der Waals surface area contributed by atoms with Crippen LogP contribution in [0.25, 0.3) is 11.3 Å². The van der Waals surface area contributed by atoms with Crippen molar-refractivity contribution in [1.82, 2.24) is 4.98 Å². The number of methoxy groups -OCH3 is 1.